The van der Waals surface area contributed by atoms with Gasteiger partial charge >= 0.3 is 0 Å². The van der Waals surface area contributed by atoms with E-state index in [2.05, 4.69) is 5.32 Å². The van der Waals surface area contributed by atoms with Crippen molar-refractivity contribution < 1.29 is 19.1 Å². The van der Waals surface area contributed by atoms with Crippen LogP contribution in [-0.4, -0.2) is 30.8 Å². The van der Waals surface area contributed by atoms with Crippen LogP contribution in [0.3, 0.4) is 0 Å². The van der Waals surface area contributed by atoms with Gasteiger partial charge in [-0.15, -0.1) is 23.1 Å². The number of fused-ring (bicyclic) bond motifs is 2. The van der Waals surface area contributed by atoms with Crippen molar-refractivity contribution in [1.82, 2.24) is 0 Å². The van der Waals surface area contributed by atoms with Crippen LogP contribution in [0.1, 0.15) is 40.1 Å². The molecule has 0 unspecified atom stereocenters. The Morgan fingerprint density at radius 3 is 2.71 bits per heavy atom. The minimum atomic E-state index is -0.467. The molecule has 0 radical (unpaired) electrons. The third-order valence-electron chi connectivity index (χ3n) is 4.76. The molecule has 0 atom stereocenters. The van der Waals surface area contributed by atoms with Gasteiger partial charge in [-0.1, -0.05) is 0 Å². The zero-order valence-electron chi connectivity index (χ0n) is 15.4. The third-order valence-corrected chi connectivity index (χ3v) is 6.96. The lowest BCUT2D eigenvalue weighted by molar-refractivity contribution is -0.113. The second-order valence-electron chi connectivity index (χ2n) is 6.78. The van der Waals surface area contributed by atoms with Crippen molar-refractivity contribution in [2.45, 2.75) is 37.0 Å². The van der Waals surface area contributed by atoms with Gasteiger partial charge in [-0.2, -0.15) is 0 Å². The Labute approximate surface area is 171 Å². The highest BCUT2D eigenvalue weighted by molar-refractivity contribution is 8.00. The van der Waals surface area contributed by atoms with Crippen molar-refractivity contribution in [1.29, 1.82) is 0 Å². The molecule has 28 heavy (non-hydrogen) atoms. The van der Waals surface area contributed by atoms with Crippen LogP contribution in [0.2, 0.25) is 0 Å². The molecule has 0 fully saturated rings. The minimum Gasteiger partial charge on any atom is -0.490 e. The second-order valence-corrected chi connectivity index (χ2v) is 8.93. The van der Waals surface area contributed by atoms with Gasteiger partial charge in [0.1, 0.15) is 5.00 Å². The number of amides is 2. The minimum absolute atomic E-state index is 0.154. The molecule has 0 saturated heterocycles. The lowest BCUT2D eigenvalue weighted by Crippen LogP contribution is -2.19. The normalized spacial score (nSPS) is 15.4. The van der Waals surface area contributed by atoms with E-state index in [9.17, 15) is 9.59 Å². The number of anilines is 1. The molecule has 1 aliphatic heterocycles. The maximum absolute atomic E-state index is 12.5. The van der Waals surface area contributed by atoms with Gasteiger partial charge in [-0.05, 0) is 49.4 Å². The number of rotatable bonds is 5. The molecular weight excluding hydrogens is 396 g/mol. The smallest absolute Gasteiger partial charge is 0.251 e. The number of carbonyl (C=O) groups is 2. The van der Waals surface area contributed by atoms with Gasteiger partial charge in [0.15, 0.2) is 11.5 Å². The van der Waals surface area contributed by atoms with Crippen molar-refractivity contribution in [2.24, 2.45) is 5.73 Å². The fraction of sp³-hybridized carbons (Fsp3) is 0.400. The Hall–Kier alpha value is -2.19. The summed E-state index contributed by atoms with van der Waals surface area (Å²) in [5, 5.41) is 3.48. The Balaban J connectivity index is 1.42. The summed E-state index contributed by atoms with van der Waals surface area (Å²) in [6.45, 7) is 1.27. The number of thioether (sulfide) groups is 1. The van der Waals surface area contributed by atoms with Crippen molar-refractivity contribution in [2.75, 3.05) is 24.3 Å². The van der Waals surface area contributed by atoms with Crippen LogP contribution in [0.15, 0.2) is 23.1 Å². The molecule has 8 heteroatoms. The number of nitrogens with one attached hydrogen (secondary N) is 1. The first kappa shape index (κ1) is 19.1. The molecule has 1 aromatic heterocycles. The SMILES string of the molecule is NC(=O)c1c(NC(=O)CSc2ccc3c(c2)OCCCO3)sc2c1CCCC2. The molecule has 1 aromatic carbocycles. The summed E-state index contributed by atoms with van der Waals surface area (Å²) < 4.78 is 11.3. The quantitative estimate of drug-likeness (QED) is 0.724. The zero-order chi connectivity index (χ0) is 19.5. The summed E-state index contributed by atoms with van der Waals surface area (Å²) in [6.07, 6.45) is 4.82. The Morgan fingerprint density at radius 2 is 1.89 bits per heavy atom. The van der Waals surface area contributed by atoms with Crippen LogP contribution in [0.4, 0.5) is 5.00 Å². The van der Waals surface area contributed by atoms with Gasteiger partial charge in [-0.3, -0.25) is 9.59 Å². The Bertz CT molecular complexity index is 910. The largest absolute Gasteiger partial charge is 0.490 e. The van der Waals surface area contributed by atoms with Crippen LogP contribution >= 0.6 is 23.1 Å². The van der Waals surface area contributed by atoms with E-state index in [-0.39, 0.29) is 11.7 Å². The predicted octanol–water partition coefficient (Wildman–Crippen LogP) is 3.62. The highest BCUT2D eigenvalue weighted by Crippen LogP contribution is 2.38. The summed E-state index contributed by atoms with van der Waals surface area (Å²) in [5.74, 6) is 1.07. The van der Waals surface area contributed by atoms with Crippen LogP contribution in [0, 0.1) is 0 Å². The molecular formula is C20H22N2O4S2. The number of nitrogens with two attached hydrogens (primary N) is 1. The van der Waals surface area contributed by atoms with E-state index in [4.69, 9.17) is 15.2 Å². The molecule has 3 N–H and O–H groups in total. The topological polar surface area (TPSA) is 90.7 Å². The fourth-order valence-electron chi connectivity index (χ4n) is 3.46. The molecule has 1 aliphatic carbocycles. The Kier molecular flexibility index (Phi) is 5.77. The van der Waals surface area contributed by atoms with E-state index < -0.39 is 5.91 Å². The van der Waals surface area contributed by atoms with E-state index in [1.807, 2.05) is 18.2 Å². The van der Waals surface area contributed by atoms with E-state index in [1.165, 1.54) is 28.0 Å². The van der Waals surface area contributed by atoms with E-state index >= 15 is 0 Å². The maximum atomic E-state index is 12.5. The summed E-state index contributed by atoms with van der Waals surface area (Å²) in [5.41, 5.74) is 7.10. The van der Waals surface area contributed by atoms with Gasteiger partial charge in [0.25, 0.3) is 5.91 Å². The zero-order valence-corrected chi connectivity index (χ0v) is 17.0. The molecule has 2 aliphatic rings. The number of benzene rings is 1. The van der Waals surface area contributed by atoms with Gasteiger partial charge in [-0.25, -0.2) is 0 Å². The van der Waals surface area contributed by atoms with Gasteiger partial charge < -0.3 is 20.5 Å². The number of thiophene rings is 1. The van der Waals surface area contributed by atoms with Gasteiger partial charge in [0.2, 0.25) is 5.91 Å². The molecule has 2 heterocycles. The van der Waals surface area contributed by atoms with Gasteiger partial charge in [0, 0.05) is 16.2 Å². The van der Waals surface area contributed by atoms with E-state index in [0.29, 0.717) is 29.5 Å². The third kappa shape index (κ3) is 4.12. The van der Waals surface area contributed by atoms with Crippen LogP contribution in [0.25, 0.3) is 0 Å². The van der Waals surface area contributed by atoms with Crippen LogP contribution in [-0.2, 0) is 17.6 Å². The summed E-state index contributed by atoms with van der Waals surface area (Å²) in [7, 11) is 0. The number of hydrogen-bond donors (Lipinski definition) is 2. The standard InChI is InChI=1S/C20H22N2O4S2/c21-19(24)18-13-4-1-2-5-16(13)28-20(18)22-17(23)11-27-12-6-7-14-15(10-12)26-9-3-8-25-14/h6-7,10H,1-5,8-9,11H2,(H2,21,24)(H,22,23). The van der Waals surface area contributed by atoms with Crippen LogP contribution < -0.4 is 20.5 Å². The monoisotopic (exact) mass is 418 g/mol. The van der Waals surface area contributed by atoms with Crippen LogP contribution in [0.5, 0.6) is 11.5 Å². The first-order valence-corrected chi connectivity index (χ1v) is 11.2. The molecule has 148 valence electrons. The molecule has 6 nitrogen and oxygen atoms in total. The van der Waals surface area contributed by atoms with Crippen molar-refractivity contribution in [3.63, 3.8) is 0 Å². The summed E-state index contributed by atoms with van der Waals surface area (Å²) >= 11 is 2.90. The second kappa shape index (κ2) is 8.45. The van der Waals surface area contributed by atoms with E-state index in [1.54, 1.807) is 0 Å². The number of primary amides is 1. The first-order chi connectivity index (χ1) is 13.6. The lowest BCUT2D eigenvalue weighted by atomic mass is 9.95. The predicted molar refractivity (Wildman–Crippen MR) is 111 cm³/mol. The number of carbonyl (C=O) groups excluding carboxylic acids is 2. The molecule has 2 aromatic rings. The average molecular weight is 419 g/mol. The van der Waals surface area contributed by atoms with Gasteiger partial charge in [0.05, 0.1) is 24.5 Å². The maximum Gasteiger partial charge on any atom is 0.251 e. The summed E-state index contributed by atoms with van der Waals surface area (Å²) in [6, 6.07) is 5.70. The number of hydrogen-bond acceptors (Lipinski definition) is 6. The highest BCUT2D eigenvalue weighted by atomic mass is 32.2. The first-order valence-electron chi connectivity index (χ1n) is 9.38. The van der Waals surface area contributed by atoms with Crippen molar-refractivity contribution in [3.8, 4) is 11.5 Å². The van der Waals surface area contributed by atoms with E-state index in [0.717, 1.165) is 48.3 Å². The van der Waals surface area contributed by atoms with Crippen molar-refractivity contribution in [3.05, 3.63) is 34.2 Å². The molecule has 0 saturated carbocycles. The number of ether oxygens (including phenoxy) is 2. The highest BCUT2D eigenvalue weighted by Gasteiger charge is 2.25. The molecule has 4 rings (SSSR count). The van der Waals surface area contributed by atoms with Crippen molar-refractivity contribution >= 4 is 39.9 Å². The molecule has 0 bridgehead atoms. The fourth-order valence-corrected chi connectivity index (χ4v) is 5.49. The lowest BCUT2D eigenvalue weighted by Gasteiger charge is -2.11. The summed E-state index contributed by atoms with van der Waals surface area (Å²) in [4.78, 5) is 26.5. The molecule has 0 spiro atoms. The molecule has 2 amide bonds. The number of aryl methyl sites for hydroxylation is 1. The average Bonchev–Trinajstić information content (AvgIpc) is 2.88. The Morgan fingerprint density at radius 1 is 1.11 bits per heavy atom.